The normalized spacial score (nSPS) is 22.0. The number of unbranched alkanes of at least 4 members (excludes halogenated alkanes) is 7. The maximum Gasteiger partial charge on any atom is 0.306 e. The molecule has 52 heavy (non-hydrogen) atoms. The summed E-state index contributed by atoms with van der Waals surface area (Å²) in [6, 6.07) is 0. The first-order valence-corrected chi connectivity index (χ1v) is 20.5. The van der Waals surface area contributed by atoms with E-state index >= 15 is 0 Å². The number of rotatable bonds is 29. The average molecular weight is 757 g/mol. The number of hydrogen-bond donors (Lipinski definition) is 4. The Bertz CT molecular complexity index is 1210. The van der Waals surface area contributed by atoms with Gasteiger partial charge in [0, 0.05) is 12.8 Å². The molecule has 1 fully saturated rings. The number of esters is 2. The van der Waals surface area contributed by atoms with Crippen LogP contribution in [0.5, 0.6) is 0 Å². The van der Waals surface area contributed by atoms with Crippen LogP contribution in [0.15, 0.2) is 60.8 Å². The first-order valence-electron chi connectivity index (χ1n) is 18.8. The maximum absolute atomic E-state index is 12.7. The van der Waals surface area contributed by atoms with E-state index in [1.165, 1.54) is 38.5 Å². The first kappa shape index (κ1) is 47.4. The van der Waals surface area contributed by atoms with Crippen LogP contribution < -0.4 is 0 Å². The topological polar surface area (TPSA) is 186 Å². The van der Waals surface area contributed by atoms with Gasteiger partial charge in [-0.05, 0) is 57.8 Å². The zero-order valence-electron chi connectivity index (χ0n) is 31.1. The molecule has 1 saturated heterocycles. The number of carbonyl (C=O) groups is 2. The SMILES string of the molecule is CC/C=C/C/C=C/C/C=C/CCCC(=O)OCC(CO[C@H]1O[C@H](CS(=O)(=O)O)[C@@H](O)C(O)C1O)OC(=O)CC/C=C/C/C=C/CCCCCCCC. The van der Waals surface area contributed by atoms with Crippen LogP contribution >= 0.6 is 0 Å². The summed E-state index contributed by atoms with van der Waals surface area (Å²) < 4.78 is 53.6. The molecular weight excluding hydrogens is 692 g/mol. The number of hydrogen-bond acceptors (Lipinski definition) is 11. The fourth-order valence-electron chi connectivity index (χ4n) is 5.16. The van der Waals surface area contributed by atoms with E-state index in [9.17, 15) is 37.9 Å². The van der Waals surface area contributed by atoms with Gasteiger partial charge in [0.05, 0.1) is 6.61 Å². The second-order valence-corrected chi connectivity index (χ2v) is 14.3. The van der Waals surface area contributed by atoms with E-state index < -0.39 is 71.2 Å². The first-order chi connectivity index (χ1) is 25.0. The molecule has 1 aliphatic heterocycles. The van der Waals surface area contributed by atoms with Gasteiger partial charge >= 0.3 is 11.9 Å². The van der Waals surface area contributed by atoms with Crippen molar-refractivity contribution in [3.05, 3.63) is 60.8 Å². The number of aliphatic hydroxyl groups is 3. The quantitative estimate of drug-likeness (QED) is 0.0293. The van der Waals surface area contributed by atoms with Gasteiger partial charge in [0.25, 0.3) is 10.1 Å². The maximum atomic E-state index is 12.7. The smallest absolute Gasteiger partial charge is 0.306 e. The molecule has 1 heterocycles. The van der Waals surface area contributed by atoms with Crippen LogP contribution in [-0.4, -0.2) is 96.0 Å². The predicted molar refractivity (Wildman–Crippen MR) is 201 cm³/mol. The zero-order valence-corrected chi connectivity index (χ0v) is 32.0. The molecule has 0 aromatic heterocycles. The van der Waals surface area contributed by atoms with Crippen LogP contribution in [0.25, 0.3) is 0 Å². The minimum Gasteiger partial charge on any atom is -0.462 e. The lowest BCUT2D eigenvalue weighted by Gasteiger charge is -2.40. The summed E-state index contributed by atoms with van der Waals surface area (Å²) >= 11 is 0. The Morgan fingerprint density at radius 2 is 1.25 bits per heavy atom. The Labute approximate surface area is 311 Å². The highest BCUT2D eigenvalue weighted by atomic mass is 32.2. The highest BCUT2D eigenvalue weighted by Crippen LogP contribution is 2.23. The van der Waals surface area contributed by atoms with Gasteiger partial charge in [-0.3, -0.25) is 14.1 Å². The second kappa shape index (κ2) is 29.8. The van der Waals surface area contributed by atoms with E-state index in [0.717, 1.165) is 32.1 Å². The van der Waals surface area contributed by atoms with Crippen LogP contribution in [0.3, 0.4) is 0 Å². The van der Waals surface area contributed by atoms with E-state index in [1.807, 2.05) is 24.3 Å². The monoisotopic (exact) mass is 756 g/mol. The molecule has 3 unspecified atom stereocenters. The summed E-state index contributed by atoms with van der Waals surface area (Å²) in [6.45, 7) is 3.48. The van der Waals surface area contributed by atoms with E-state index in [0.29, 0.717) is 19.3 Å². The van der Waals surface area contributed by atoms with Gasteiger partial charge in [-0.25, -0.2) is 0 Å². The van der Waals surface area contributed by atoms with Gasteiger partial charge in [0.2, 0.25) is 0 Å². The van der Waals surface area contributed by atoms with Crippen LogP contribution in [0.1, 0.15) is 117 Å². The van der Waals surface area contributed by atoms with E-state index in [4.69, 9.17) is 18.9 Å². The number of aliphatic hydroxyl groups excluding tert-OH is 3. The van der Waals surface area contributed by atoms with Crippen molar-refractivity contribution in [3.8, 4) is 0 Å². The van der Waals surface area contributed by atoms with Crippen molar-refractivity contribution in [2.45, 2.75) is 153 Å². The minimum atomic E-state index is -4.61. The molecule has 298 valence electrons. The summed E-state index contributed by atoms with van der Waals surface area (Å²) in [7, 11) is -4.61. The largest absolute Gasteiger partial charge is 0.462 e. The van der Waals surface area contributed by atoms with Crippen molar-refractivity contribution in [2.75, 3.05) is 19.0 Å². The van der Waals surface area contributed by atoms with Crippen molar-refractivity contribution >= 4 is 22.1 Å². The van der Waals surface area contributed by atoms with E-state index in [2.05, 4.69) is 50.3 Å². The lowest BCUT2D eigenvalue weighted by Crippen LogP contribution is -2.60. The molecule has 0 aliphatic carbocycles. The van der Waals surface area contributed by atoms with Crippen molar-refractivity contribution in [1.29, 1.82) is 0 Å². The van der Waals surface area contributed by atoms with Crippen LogP contribution in [0, 0.1) is 0 Å². The Kier molecular flexibility index (Phi) is 27.1. The zero-order chi connectivity index (χ0) is 38.5. The average Bonchev–Trinajstić information content (AvgIpc) is 3.10. The highest BCUT2D eigenvalue weighted by molar-refractivity contribution is 7.85. The molecule has 0 saturated carbocycles. The van der Waals surface area contributed by atoms with Crippen LogP contribution in [0.2, 0.25) is 0 Å². The molecular formula is C39H64O12S. The molecule has 0 amide bonds. The van der Waals surface area contributed by atoms with Gasteiger partial charge < -0.3 is 34.3 Å². The van der Waals surface area contributed by atoms with Gasteiger partial charge in [0.15, 0.2) is 12.4 Å². The molecule has 13 heteroatoms. The second-order valence-electron chi connectivity index (χ2n) is 12.9. The molecule has 0 bridgehead atoms. The third-order valence-corrected chi connectivity index (χ3v) is 8.84. The molecule has 0 aromatic rings. The Balaban J connectivity index is 2.62. The Morgan fingerprint density at radius 1 is 0.673 bits per heavy atom. The fourth-order valence-corrected chi connectivity index (χ4v) is 5.85. The predicted octanol–water partition coefficient (Wildman–Crippen LogP) is 6.22. The number of ether oxygens (including phenoxy) is 4. The Hall–Kier alpha value is -2.65. The number of allylic oxidation sites excluding steroid dienone is 10. The fraction of sp³-hybridized carbons (Fsp3) is 0.692. The van der Waals surface area contributed by atoms with E-state index in [1.54, 1.807) is 0 Å². The molecule has 0 radical (unpaired) electrons. The lowest BCUT2D eigenvalue weighted by atomic mass is 10.00. The van der Waals surface area contributed by atoms with Crippen molar-refractivity contribution in [3.63, 3.8) is 0 Å². The van der Waals surface area contributed by atoms with Crippen molar-refractivity contribution < 1.29 is 56.8 Å². The van der Waals surface area contributed by atoms with Gasteiger partial charge in [-0.15, -0.1) is 0 Å². The standard InChI is InChI=1S/C39H64O12S/c1-3-5-7-9-11-13-15-16-18-20-22-24-26-28-35(41)50-32(29-48-34(40)27-25-23-21-19-17-14-12-10-8-6-4-2)30-49-39-38(44)37(43)36(42)33(51-39)31-52(45,46)47/h6,8,12,14,16,18-19,21-22,24,32-33,36-39,42-44H,3-5,7,9-11,13,15,17,20,23,25-31H2,1-2H3,(H,45,46,47)/b8-6+,14-12+,18-16+,21-19+,24-22+/t32?,33-,36-,37?,38?,39+/m1/s1. The van der Waals surface area contributed by atoms with Crippen molar-refractivity contribution in [1.82, 2.24) is 0 Å². The van der Waals surface area contributed by atoms with Gasteiger partial charge in [-0.1, -0.05) is 107 Å². The van der Waals surface area contributed by atoms with Crippen LogP contribution in [0.4, 0.5) is 0 Å². The molecule has 1 aliphatic rings. The molecule has 1 rings (SSSR count). The summed E-state index contributed by atoms with van der Waals surface area (Å²) in [6.07, 6.45) is 24.6. The van der Waals surface area contributed by atoms with Crippen LogP contribution in [-0.2, 0) is 38.7 Å². The number of carbonyl (C=O) groups excluding carboxylic acids is 2. The molecule has 4 N–H and O–H groups in total. The summed E-state index contributed by atoms with van der Waals surface area (Å²) in [5.41, 5.74) is 0. The van der Waals surface area contributed by atoms with E-state index in [-0.39, 0.29) is 19.4 Å². The lowest BCUT2D eigenvalue weighted by molar-refractivity contribution is -0.297. The summed E-state index contributed by atoms with van der Waals surface area (Å²) in [5, 5.41) is 30.7. The van der Waals surface area contributed by atoms with Gasteiger partial charge in [-0.2, -0.15) is 8.42 Å². The third-order valence-electron chi connectivity index (χ3n) is 8.09. The molecule has 0 aromatic carbocycles. The molecule has 0 spiro atoms. The van der Waals surface area contributed by atoms with Crippen molar-refractivity contribution in [2.24, 2.45) is 0 Å². The summed E-state index contributed by atoms with van der Waals surface area (Å²) in [5.74, 6) is -2.15. The molecule has 12 nitrogen and oxygen atoms in total. The third kappa shape index (κ3) is 24.6. The highest BCUT2D eigenvalue weighted by Gasteiger charge is 2.46. The molecule has 6 atom stereocenters. The summed E-state index contributed by atoms with van der Waals surface area (Å²) in [4.78, 5) is 25.1. The van der Waals surface area contributed by atoms with Gasteiger partial charge in [0.1, 0.15) is 36.8 Å². The minimum absolute atomic E-state index is 0.0449. The Morgan fingerprint density at radius 3 is 1.88 bits per heavy atom.